The van der Waals surface area contributed by atoms with Gasteiger partial charge in [-0.05, 0) is 42.8 Å². The van der Waals surface area contributed by atoms with Crippen LogP contribution in [0.4, 0.5) is 5.69 Å². The maximum absolute atomic E-state index is 12.1. The van der Waals surface area contributed by atoms with Gasteiger partial charge in [0.2, 0.25) is 5.91 Å². The zero-order valence-electron chi connectivity index (χ0n) is 16.7. The fourth-order valence-electron chi connectivity index (χ4n) is 3.48. The lowest BCUT2D eigenvalue weighted by molar-refractivity contribution is -0.117. The highest BCUT2D eigenvalue weighted by Crippen LogP contribution is 2.39. The van der Waals surface area contributed by atoms with Crippen LogP contribution in [0, 0.1) is 0 Å². The maximum Gasteiger partial charge on any atom is 0.228 e. The summed E-state index contributed by atoms with van der Waals surface area (Å²) >= 11 is 0. The van der Waals surface area contributed by atoms with Crippen molar-refractivity contribution in [3.63, 3.8) is 0 Å². The molecular weight excluding hydrogens is 411 g/mol. The number of nitrogens with one attached hydrogen (secondary N) is 3. The van der Waals surface area contributed by atoms with Gasteiger partial charge in [-0.3, -0.25) is 4.79 Å². The molecule has 4 unspecified atom stereocenters. The minimum Gasteiger partial charge on any atom is -0.376 e. The first-order valence-electron chi connectivity index (χ1n) is 9.75. The normalized spacial score (nSPS) is 25.7. The van der Waals surface area contributed by atoms with Gasteiger partial charge in [0.25, 0.3) is 0 Å². The van der Waals surface area contributed by atoms with Crippen molar-refractivity contribution in [1.29, 1.82) is 0 Å². The lowest BCUT2D eigenvalue weighted by Crippen LogP contribution is -2.53. The summed E-state index contributed by atoms with van der Waals surface area (Å²) in [7, 11) is -3.08. The molecule has 5 N–H and O–H groups in total. The molecular formula is C19H29N4O4PS. The number of ether oxygens (including phenoxy) is 1. The fourth-order valence-corrected chi connectivity index (χ4v) is 5.50. The predicted octanol–water partition coefficient (Wildman–Crippen LogP) is 1.31. The summed E-state index contributed by atoms with van der Waals surface area (Å²) in [5.41, 5.74) is 5.86. The summed E-state index contributed by atoms with van der Waals surface area (Å²) in [6, 6.07) is 6.56. The number of allylic oxidation sites excluding steroid dienone is 1. The van der Waals surface area contributed by atoms with E-state index in [0.717, 1.165) is 37.0 Å². The number of hydrogen-bond acceptors (Lipinski definition) is 7. The van der Waals surface area contributed by atoms with Crippen LogP contribution in [-0.2, 0) is 19.4 Å². The molecule has 10 heteroatoms. The van der Waals surface area contributed by atoms with Crippen LogP contribution in [0.5, 0.6) is 0 Å². The van der Waals surface area contributed by atoms with Crippen LogP contribution in [-0.4, -0.2) is 51.7 Å². The zero-order chi connectivity index (χ0) is 21.0. The van der Waals surface area contributed by atoms with Crippen LogP contribution in [0.2, 0.25) is 0 Å². The van der Waals surface area contributed by atoms with Gasteiger partial charge in [0.1, 0.15) is 12.0 Å². The molecule has 29 heavy (non-hydrogen) atoms. The Morgan fingerprint density at radius 3 is 2.83 bits per heavy atom. The highest BCUT2D eigenvalue weighted by atomic mass is 32.2. The molecule has 8 nitrogen and oxygen atoms in total. The first-order chi connectivity index (χ1) is 13.8. The van der Waals surface area contributed by atoms with E-state index in [1.807, 2.05) is 0 Å². The SMILES string of the molecule is CCC1=C(NCC2CCCO2)NC(Nc2cccc(S(C)(=O)=O)c2)C(C(N)=O)P1. The van der Waals surface area contributed by atoms with Crippen molar-refractivity contribution in [3.05, 3.63) is 35.4 Å². The van der Waals surface area contributed by atoms with E-state index in [2.05, 4.69) is 22.9 Å². The molecule has 0 bridgehead atoms. The molecule has 4 atom stereocenters. The van der Waals surface area contributed by atoms with E-state index >= 15 is 0 Å². The van der Waals surface area contributed by atoms with Crippen molar-refractivity contribution in [2.24, 2.45) is 5.73 Å². The maximum atomic E-state index is 12.1. The van der Waals surface area contributed by atoms with Gasteiger partial charge in [0.15, 0.2) is 9.84 Å². The van der Waals surface area contributed by atoms with E-state index in [9.17, 15) is 13.2 Å². The third kappa shape index (κ3) is 5.62. The van der Waals surface area contributed by atoms with Crippen LogP contribution in [0.1, 0.15) is 26.2 Å². The second-order valence-electron chi connectivity index (χ2n) is 7.31. The number of sulfone groups is 1. The highest BCUT2D eigenvalue weighted by Gasteiger charge is 2.33. The van der Waals surface area contributed by atoms with E-state index < -0.39 is 27.6 Å². The Labute approximate surface area is 173 Å². The van der Waals surface area contributed by atoms with Gasteiger partial charge >= 0.3 is 0 Å². The topological polar surface area (TPSA) is 123 Å². The average Bonchev–Trinajstić information content (AvgIpc) is 3.19. The molecule has 2 heterocycles. The first kappa shape index (κ1) is 21.9. The molecule has 160 valence electrons. The van der Waals surface area contributed by atoms with Crippen molar-refractivity contribution < 1.29 is 17.9 Å². The van der Waals surface area contributed by atoms with Gasteiger partial charge in [-0.1, -0.05) is 21.6 Å². The minimum atomic E-state index is -3.32. The Morgan fingerprint density at radius 1 is 1.41 bits per heavy atom. The van der Waals surface area contributed by atoms with Crippen LogP contribution in [0.15, 0.2) is 40.3 Å². The largest absolute Gasteiger partial charge is 0.376 e. The van der Waals surface area contributed by atoms with Crippen molar-refractivity contribution in [2.75, 3.05) is 24.7 Å². The van der Waals surface area contributed by atoms with Crippen molar-refractivity contribution in [3.8, 4) is 0 Å². The van der Waals surface area contributed by atoms with Gasteiger partial charge in [-0.2, -0.15) is 0 Å². The summed E-state index contributed by atoms with van der Waals surface area (Å²) in [5.74, 6) is 0.507. The van der Waals surface area contributed by atoms with E-state index in [4.69, 9.17) is 10.5 Å². The van der Waals surface area contributed by atoms with Crippen LogP contribution in [0.25, 0.3) is 0 Å². The van der Waals surface area contributed by atoms with Gasteiger partial charge < -0.3 is 26.4 Å². The standard InChI is InChI=1S/C19H29N4O4PS/c1-3-15-18(21-11-13-7-5-9-27-13)23-19(16(28-15)17(20)24)22-12-6-4-8-14(10-12)29(2,25)26/h4,6,8,10,13,16,19,21-23,28H,3,5,7,9,11H2,1-2H3,(H2,20,24). The van der Waals surface area contributed by atoms with Gasteiger partial charge in [-0.25, -0.2) is 8.42 Å². The zero-order valence-corrected chi connectivity index (χ0v) is 18.5. The minimum absolute atomic E-state index is 0.192. The molecule has 1 aromatic rings. The van der Waals surface area contributed by atoms with E-state index in [0.29, 0.717) is 12.2 Å². The van der Waals surface area contributed by atoms with Crippen molar-refractivity contribution in [2.45, 2.75) is 49.0 Å². The Kier molecular flexibility index (Phi) is 7.03. The number of nitrogens with two attached hydrogens (primary N) is 1. The summed E-state index contributed by atoms with van der Waals surface area (Å²) in [4.78, 5) is 12.3. The molecule has 1 saturated heterocycles. The quantitative estimate of drug-likeness (QED) is 0.450. The Hall–Kier alpha value is -1.83. The van der Waals surface area contributed by atoms with Gasteiger partial charge in [0.05, 0.1) is 16.7 Å². The summed E-state index contributed by atoms with van der Waals surface area (Å²) in [5, 5.41) is 11.2. The number of rotatable bonds is 8. The highest BCUT2D eigenvalue weighted by molar-refractivity contribution is 7.90. The summed E-state index contributed by atoms with van der Waals surface area (Å²) in [6.07, 6.45) is 3.83. The van der Waals surface area contributed by atoms with Crippen molar-refractivity contribution >= 4 is 30.0 Å². The van der Waals surface area contributed by atoms with E-state index in [1.54, 1.807) is 24.3 Å². The Balaban J connectivity index is 1.78. The predicted molar refractivity (Wildman–Crippen MR) is 116 cm³/mol. The number of primary amides is 1. The molecule has 0 aromatic heterocycles. The lowest BCUT2D eigenvalue weighted by Gasteiger charge is -2.36. The molecule has 2 aliphatic heterocycles. The molecule has 0 saturated carbocycles. The van der Waals surface area contributed by atoms with Gasteiger partial charge in [-0.15, -0.1) is 0 Å². The third-order valence-corrected chi connectivity index (χ3v) is 8.03. The molecule has 0 radical (unpaired) electrons. The molecule has 0 spiro atoms. The van der Waals surface area contributed by atoms with Crippen LogP contribution < -0.4 is 21.7 Å². The van der Waals surface area contributed by atoms with Crippen LogP contribution in [0.3, 0.4) is 0 Å². The summed E-state index contributed by atoms with van der Waals surface area (Å²) < 4.78 is 29.4. The average molecular weight is 441 g/mol. The Bertz CT molecular complexity index is 884. The molecule has 1 amide bonds. The molecule has 1 fully saturated rings. The number of carbonyl (C=O) groups excluding carboxylic acids is 1. The first-order valence-corrected chi connectivity index (χ1v) is 12.7. The fraction of sp³-hybridized carbons (Fsp3) is 0.526. The number of anilines is 1. The number of amides is 1. The monoisotopic (exact) mass is 440 g/mol. The number of benzene rings is 1. The Morgan fingerprint density at radius 2 is 2.21 bits per heavy atom. The number of carbonyl (C=O) groups is 1. The van der Waals surface area contributed by atoms with Gasteiger partial charge in [0, 0.05) is 25.1 Å². The molecule has 0 aliphatic carbocycles. The summed E-state index contributed by atoms with van der Waals surface area (Å²) in [6.45, 7) is 3.55. The van der Waals surface area contributed by atoms with E-state index in [-0.39, 0.29) is 19.6 Å². The third-order valence-electron chi connectivity index (χ3n) is 5.04. The molecule has 2 aliphatic rings. The number of hydrogen-bond donors (Lipinski definition) is 4. The van der Waals surface area contributed by atoms with E-state index in [1.165, 1.54) is 6.26 Å². The molecule has 3 rings (SSSR count). The second-order valence-corrected chi connectivity index (χ2v) is 10.8. The van der Waals surface area contributed by atoms with Crippen LogP contribution >= 0.6 is 8.58 Å². The van der Waals surface area contributed by atoms with Crippen molar-refractivity contribution in [1.82, 2.24) is 10.6 Å². The smallest absolute Gasteiger partial charge is 0.228 e. The lowest BCUT2D eigenvalue weighted by atomic mass is 10.2. The molecule has 1 aromatic carbocycles. The second kappa shape index (κ2) is 9.32.